The molecule has 170 valence electrons. The quantitative estimate of drug-likeness (QED) is 0.201. The van der Waals surface area contributed by atoms with Gasteiger partial charge < -0.3 is 0 Å². The molecule has 0 spiro atoms. The van der Waals surface area contributed by atoms with E-state index in [2.05, 4.69) is 71.5 Å². The molecule has 0 nitrogen and oxygen atoms in total. The molecular weight excluding hydrogens is 460 g/mol. The maximum absolute atomic E-state index is 3.46. The summed E-state index contributed by atoms with van der Waals surface area (Å²) < 4.78 is 0. The van der Waals surface area contributed by atoms with Crippen molar-refractivity contribution in [3.8, 4) is 58.5 Å². The van der Waals surface area contributed by atoms with Crippen LogP contribution in [-0.4, -0.2) is 8.07 Å². The zero-order chi connectivity index (χ0) is 25.5. The predicted octanol–water partition coefficient (Wildman–Crippen LogP) is 6.39. The largest absolute Gasteiger partial charge is 0.211 e. The molecule has 0 bridgehead atoms. The lowest BCUT2D eigenvalue weighted by atomic mass is 10.0. The summed E-state index contributed by atoms with van der Waals surface area (Å²) in [6.45, 7) is 4.34. The Balaban J connectivity index is 1.43. The molecule has 1 aliphatic rings. The highest BCUT2D eigenvalue weighted by Crippen LogP contribution is 2.14. The van der Waals surface area contributed by atoms with Gasteiger partial charge in [-0.15, -0.1) is 11.1 Å². The first-order valence-corrected chi connectivity index (χ1v) is 15.0. The maximum atomic E-state index is 3.46. The van der Waals surface area contributed by atoms with Gasteiger partial charge in [0.1, 0.15) is 0 Å². The van der Waals surface area contributed by atoms with E-state index in [0.717, 1.165) is 44.5 Å². The van der Waals surface area contributed by atoms with Crippen molar-refractivity contribution < 1.29 is 0 Å². The van der Waals surface area contributed by atoms with Crippen LogP contribution in [-0.2, 0) is 0 Å². The Hall–Kier alpha value is -5.10. The number of hydrogen-bond donors (Lipinski definition) is 0. The molecule has 1 aliphatic heterocycles. The minimum atomic E-state index is -2.03. The number of rotatable bonds is 0. The van der Waals surface area contributed by atoms with Gasteiger partial charge in [-0.3, -0.25) is 0 Å². The van der Waals surface area contributed by atoms with E-state index < -0.39 is 8.07 Å². The fourth-order valence-corrected chi connectivity index (χ4v) is 4.55. The van der Waals surface area contributed by atoms with E-state index in [1.807, 2.05) is 97.1 Å². The molecule has 0 unspecified atom stereocenters. The van der Waals surface area contributed by atoms with Gasteiger partial charge in [0.2, 0.25) is 8.07 Å². The standard InChI is InChI=1S/C36H22Si/c1-37(2)26-24-34-11-7-6-10-33(34)22-23-35-21-20-32(28-36(35)25-27-37)19-18-31-16-14-30(15-17-31)13-12-29-8-4-3-5-9-29/h3-11,14-17,20-21,28H,1-2H3. The minimum absolute atomic E-state index is 0.896. The number of benzene rings is 4. The Bertz CT molecular complexity index is 1800. The van der Waals surface area contributed by atoms with Gasteiger partial charge >= 0.3 is 0 Å². The lowest BCUT2D eigenvalue weighted by Crippen LogP contribution is -2.21. The van der Waals surface area contributed by atoms with E-state index >= 15 is 0 Å². The summed E-state index contributed by atoms with van der Waals surface area (Å²) in [5.74, 6) is 26.2. The van der Waals surface area contributed by atoms with Crippen LogP contribution in [0.2, 0.25) is 13.1 Å². The Morgan fingerprint density at radius 3 is 1.49 bits per heavy atom. The van der Waals surface area contributed by atoms with E-state index in [1.54, 1.807) is 0 Å². The zero-order valence-corrected chi connectivity index (χ0v) is 21.7. The molecule has 5 rings (SSSR count). The normalized spacial score (nSPS) is 11.8. The molecule has 0 N–H and O–H groups in total. The fraction of sp³-hybridized carbons (Fsp3) is 0.0556. The van der Waals surface area contributed by atoms with Crippen LogP contribution < -0.4 is 0 Å². The number of fused-ring (bicyclic) bond motifs is 2. The molecule has 1 heteroatoms. The van der Waals surface area contributed by atoms with Gasteiger partial charge in [0.25, 0.3) is 0 Å². The molecule has 1 heterocycles. The lowest BCUT2D eigenvalue weighted by Gasteiger charge is -2.04. The number of hydrogen-bond acceptors (Lipinski definition) is 0. The fourth-order valence-electron chi connectivity index (χ4n) is 3.60. The van der Waals surface area contributed by atoms with E-state index in [1.165, 1.54) is 0 Å². The second-order valence-electron chi connectivity index (χ2n) is 9.12. The second kappa shape index (κ2) is 10.7. The molecule has 0 fully saturated rings. The van der Waals surface area contributed by atoms with Crippen molar-refractivity contribution in [3.05, 3.63) is 142 Å². The van der Waals surface area contributed by atoms with Crippen LogP contribution in [0.5, 0.6) is 0 Å². The van der Waals surface area contributed by atoms with Gasteiger partial charge in [-0.25, -0.2) is 0 Å². The molecule has 0 saturated carbocycles. The van der Waals surface area contributed by atoms with Crippen molar-refractivity contribution in [2.75, 3.05) is 0 Å². The highest BCUT2D eigenvalue weighted by Gasteiger charge is 2.15. The van der Waals surface area contributed by atoms with Crippen molar-refractivity contribution in [1.29, 1.82) is 0 Å². The lowest BCUT2D eigenvalue weighted by molar-refractivity contribution is 1.54. The van der Waals surface area contributed by atoms with E-state index in [-0.39, 0.29) is 0 Å². The van der Waals surface area contributed by atoms with Crippen LogP contribution in [0.25, 0.3) is 0 Å². The first-order valence-electron chi connectivity index (χ1n) is 12.0. The van der Waals surface area contributed by atoms with E-state index in [0.29, 0.717) is 0 Å². The van der Waals surface area contributed by atoms with Crippen molar-refractivity contribution >= 4 is 8.07 Å². The summed E-state index contributed by atoms with van der Waals surface area (Å²) in [7, 11) is -2.03. The summed E-state index contributed by atoms with van der Waals surface area (Å²) >= 11 is 0. The van der Waals surface area contributed by atoms with Gasteiger partial charge in [0.05, 0.1) is 0 Å². The highest BCUT2D eigenvalue weighted by molar-refractivity contribution is 6.92. The second-order valence-corrected chi connectivity index (χ2v) is 12.9. The van der Waals surface area contributed by atoms with Gasteiger partial charge in [0, 0.05) is 44.5 Å². The minimum Gasteiger partial charge on any atom is -0.111 e. The molecule has 0 radical (unpaired) electrons. The van der Waals surface area contributed by atoms with Crippen molar-refractivity contribution in [2.45, 2.75) is 13.1 Å². The van der Waals surface area contributed by atoms with Crippen LogP contribution in [0.3, 0.4) is 0 Å². The van der Waals surface area contributed by atoms with Gasteiger partial charge in [-0.1, -0.05) is 77.7 Å². The Kier molecular flexibility index (Phi) is 6.81. The van der Waals surface area contributed by atoms with Gasteiger partial charge in [0.15, 0.2) is 0 Å². The van der Waals surface area contributed by atoms with Crippen molar-refractivity contribution in [3.63, 3.8) is 0 Å². The first kappa shape index (κ1) is 23.6. The molecule has 37 heavy (non-hydrogen) atoms. The van der Waals surface area contributed by atoms with Crippen LogP contribution >= 0.6 is 0 Å². The summed E-state index contributed by atoms with van der Waals surface area (Å²) in [5.41, 5.74) is 14.4. The average Bonchev–Trinajstić information content (AvgIpc) is 2.95. The molecular formula is C36H22Si. The van der Waals surface area contributed by atoms with Gasteiger partial charge in [-0.05, 0) is 79.8 Å². The zero-order valence-electron chi connectivity index (χ0n) is 20.7. The summed E-state index contributed by atoms with van der Waals surface area (Å²) in [6.07, 6.45) is 0. The predicted molar refractivity (Wildman–Crippen MR) is 155 cm³/mol. The Morgan fingerprint density at radius 1 is 0.432 bits per heavy atom. The van der Waals surface area contributed by atoms with Crippen LogP contribution in [0.4, 0.5) is 0 Å². The third-order valence-electron chi connectivity index (χ3n) is 5.66. The van der Waals surface area contributed by atoms with Crippen molar-refractivity contribution in [2.24, 2.45) is 0 Å². The van der Waals surface area contributed by atoms with Crippen LogP contribution in [0.15, 0.2) is 97.1 Å². The molecule has 0 saturated heterocycles. The highest BCUT2D eigenvalue weighted by atomic mass is 28.3. The smallest absolute Gasteiger partial charge is 0.111 e. The van der Waals surface area contributed by atoms with E-state index in [9.17, 15) is 0 Å². The van der Waals surface area contributed by atoms with Crippen molar-refractivity contribution in [1.82, 2.24) is 0 Å². The van der Waals surface area contributed by atoms with Crippen LogP contribution in [0, 0.1) is 58.5 Å². The molecule has 0 aliphatic carbocycles. The summed E-state index contributed by atoms with van der Waals surface area (Å²) in [4.78, 5) is 0. The Labute approximate surface area is 220 Å². The summed E-state index contributed by atoms with van der Waals surface area (Å²) in [6, 6.07) is 32.1. The SMILES string of the molecule is C[Si]1(C)C#Cc2ccccc2C#Cc2ccc(C#Cc3ccc(C#Cc4ccccc4)cc3)cc2C#C1. The molecule has 0 aromatic heterocycles. The van der Waals surface area contributed by atoms with Crippen LogP contribution in [0.1, 0.15) is 44.5 Å². The molecule has 0 atom stereocenters. The van der Waals surface area contributed by atoms with Gasteiger partial charge in [-0.2, -0.15) is 0 Å². The Morgan fingerprint density at radius 2 is 0.865 bits per heavy atom. The molecule has 4 aromatic carbocycles. The molecule has 0 amide bonds. The summed E-state index contributed by atoms with van der Waals surface area (Å²) in [5, 5.41) is 0. The van der Waals surface area contributed by atoms with E-state index in [4.69, 9.17) is 0 Å². The topological polar surface area (TPSA) is 0 Å². The first-order chi connectivity index (χ1) is 18.0. The maximum Gasteiger partial charge on any atom is 0.211 e. The monoisotopic (exact) mass is 482 g/mol. The average molecular weight is 483 g/mol. The third kappa shape index (κ3) is 6.32. The third-order valence-corrected chi connectivity index (χ3v) is 7.16. The molecule has 4 aromatic rings.